The van der Waals surface area contributed by atoms with Crippen molar-refractivity contribution in [3.63, 3.8) is 0 Å². The molecule has 2 N–H and O–H groups in total. The van der Waals surface area contributed by atoms with Gasteiger partial charge in [0.1, 0.15) is 11.5 Å². The van der Waals surface area contributed by atoms with Crippen molar-refractivity contribution >= 4 is 28.8 Å². The second-order valence-corrected chi connectivity index (χ2v) is 8.75. The highest BCUT2D eigenvalue weighted by molar-refractivity contribution is 7.14. The standard InChI is InChI=1S/C23H27N3O3S/c1-5-14(2)11-21(27)24-13-19-16(4)29-23(26-19)17-7-6-8-18(12-17)25-22(28)20-10-9-15(3)30-20/h6-10,12,14H,5,11,13H2,1-4H3,(H,24,27)(H,25,28). The smallest absolute Gasteiger partial charge is 0.265 e. The fourth-order valence-electron chi connectivity index (χ4n) is 2.91. The molecule has 2 aromatic heterocycles. The largest absolute Gasteiger partial charge is 0.441 e. The third-order valence-corrected chi connectivity index (χ3v) is 5.91. The number of carbonyl (C=O) groups excluding carboxylic acids is 2. The van der Waals surface area contributed by atoms with Gasteiger partial charge in [0.2, 0.25) is 11.8 Å². The number of benzene rings is 1. The van der Waals surface area contributed by atoms with E-state index in [1.807, 2.05) is 50.2 Å². The van der Waals surface area contributed by atoms with E-state index >= 15 is 0 Å². The van der Waals surface area contributed by atoms with E-state index in [2.05, 4.69) is 29.5 Å². The van der Waals surface area contributed by atoms with Crippen molar-refractivity contribution in [3.05, 3.63) is 57.6 Å². The van der Waals surface area contributed by atoms with Gasteiger partial charge in [-0.2, -0.15) is 0 Å². The summed E-state index contributed by atoms with van der Waals surface area (Å²) in [5.41, 5.74) is 2.13. The van der Waals surface area contributed by atoms with Gasteiger partial charge in [-0.3, -0.25) is 9.59 Å². The number of hydrogen-bond acceptors (Lipinski definition) is 5. The lowest BCUT2D eigenvalue weighted by atomic mass is 10.1. The number of amides is 2. The Bertz CT molecular complexity index is 1040. The maximum atomic E-state index is 12.4. The van der Waals surface area contributed by atoms with Crippen LogP contribution in [0.25, 0.3) is 11.5 Å². The first kappa shape index (κ1) is 21.8. The summed E-state index contributed by atoms with van der Waals surface area (Å²) < 4.78 is 5.81. The molecule has 0 radical (unpaired) electrons. The number of anilines is 1. The summed E-state index contributed by atoms with van der Waals surface area (Å²) in [7, 11) is 0. The Hall–Kier alpha value is -2.93. The Morgan fingerprint density at radius 2 is 2.00 bits per heavy atom. The molecule has 6 nitrogen and oxygen atoms in total. The molecule has 0 aliphatic rings. The number of rotatable bonds is 8. The topological polar surface area (TPSA) is 84.2 Å². The van der Waals surface area contributed by atoms with E-state index in [9.17, 15) is 9.59 Å². The zero-order valence-corrected chi connectivity index (χ0v) is 18.6. The van der Waals surface area contributed by atoms with E-state index in [0.717, 1.165) is 16.9 Å². The van der Waals surface area contributed by atoms with Crippen molar-refractivity contribution in [1.29, 1.82) is 0 Å². The molecule has 3 rings (SSSR count). The van der Waals surface area contributed by atoms with Gasteiger partial charge < -0.3 is 15.1 Å². The van der Waals surface area contributed by atoms with Gasteiger partial charge in [-0.25, -0.2) is 4.98 Å². The zero-order chi connectivity index (χ0) is 21.7. The molecule has 0 aliphatic heterocycles. The molecule has 0 saturated heterocycles. The highest BCUT2D eigenvalue weighted by Gasteiger charge is 2.15. The van der Waals surface area contributed by atoms with Crippen LogP contribution in [0.5, 0.6) is 0 Å². The third-order valence-electron chi connectivity index (χ3n) is 4.91. The van der Waals surface area contributed by atoms with Gasteiger partial charge in [0.05, 0.1) is 11.4 Å². The van der Waals surface area contributed by atoms with Gasteiger partial charge in [-0.1, -0.05) is 26.3 Å². The predicted octanol–water partition coefficient (Wildman–Crippen LogP) is 5.32. The highest BCUT2D eigenvalue weighted by Crippen LogP contribution is 2.25. The van der Waals surface area contributed by atoms with E-state index in [-0.39, 0.29) is 11.8 Å². The van der Waals surface area contributed by atoms with Crippen LogP contribution in [0.2, 0.25) is 0 Å². The molecular weight excluding hydrogens is 398 g/mol. The minimum absolute atomic E-state index is 0.0156. The second kappa shape index (κ2) is 9.71. The molecule has 1 atom stereocenters. The van der Waals surface area contributed by atoms with Crippen LogP contribution in [0.15, 0.2) is 40.8 Å². The van der Waals surface area contributed by atoms with E-state index in [1.54, 1.807) is 0 Å². The molecule has 158 valence electrons. The number of hydrogen-bond donors (Lipinski definition) is 2. The average Bonchev–Trinajstić information content (AvgIpc) is 3.32. The minimum Gasteiger partial charge on any atom is -0.441 e. The number of oxazole rings is 1. The molecule has 30 heavy (non-hydrogen) atoms. The van der Waals surface area contributed by atoms with Crippen molar-refractivity contribution in [3.8, 4) is 11.5 Å². The van der Waals surface area contributed by atoms with Crippen LogP contribution in [0.3, 0.4) is 0 Å². The number of carbonyl (C=O) groups is 2. The lowest BCUT2D eigenvalue weighted by Crippen LogP contribution is -2.24. The first-order valence-electron chi connectivity index (χ1n) is 10.1. The van der Waals surface area contributed by atoms with Crippen molar-refractivity contribution in [2.45, 2.75) is 47.1 Å². The lowest BCUT2D eigenvalue weighted by Gasteiger charge is -2.08. The van der Waals surface area contributed by atoms with Crippen LogP contribution in [0.1, 0.15) is 52.7 Å². The number of thiophene rings is 1. The highest BCUT2D eigenvalue weighted by atomic mass is 32.1. The lowest BCUT2D eigenvalue weighted by molar-refractivity contribution is -0.122. The van der Waals surface area contributed by atoms with Crippen molar-refractivity contribution in [2.24, 2.45) is 5.92 Å². The van der Waals surface area contributed by atoms with E-state index in [4.69, 9.17) is 4.42 Å². The Morgan fingerprint density at radius 3 is 2.70 bits per heavy atom. The molecule has 1 unspecified atom stereocenters. The van der Waals surface area contributed by atoms with Crippen LogP contribution in [-0.2, 0) is 11.3 Å². The summed E-state index contributed by atoms with van der Waals surface area (Å²) in [5, 5.41) is 5.82. The molecule has 0 bridgehead atoms. The number of aryl methyl sites for hydroxylation is 2. The molecule has 0 aliphatic carbocycles. The number of nitrogens with one attached hydrogen (secondary N) is 2. The van der Waals surface area contributed by atoms with Gasteiger partial charge in [0.25, 0.3) is 5.91 Å². The first-order valence-corrected chi connectivity index (χ1v) is 10.9. The van der Waals surface area contributed by atoms with Crippen LogP contribution >= 0.6 is 11.3 Å². The summed E-state index contributed by atoms with van der Waals surface area (Å²) in [6.07, 6.45) is 1.48. The summed E-state index contributed by atoms with van der Waals surface area (Å²) in [6, 6.07) is 11.1. The molecule has 0 spiro atoms. The van der Waals surface area contributed by atoms with Crippen molar-refractivity contribution in [1.82, 2.24) is 10.3 Å². The maximum Gasteiger partial charge on any atom is 0.265 e. The van der Waals surface area contributed by atoms with Crippen molar-refractivity contribution < 1.29 is 14.0 Å². The molecule has 2 heterocycles. The summed E-state index contributed by atoms with van der Waals surface area (Å²) in [6.45, 7) is 8.27. The Labute approximate surface area is 180 Å². The fourth-order valence-corrected chi connectivity index (χ4v) is 3.67. The Balaban J connectivity index is 1.68. The molecule has 2 amide bonds. The third kappa shape index (κ3) is 5.57. The van der Waals surface area contributed by atoms with E-state index < -0.39 is 0 Å². The Kier molecular flexibility index (Phi) is 7.05. The maximum absolute atomic E-state index is 12.4. The molecule has 7 heteroatoms. The van der Waals surface area contributed by atoms with Crippen LogP contribution in [0, 0.1) is 19.8 Å². The molecule has 1 aromatic carbocycles. The van der Waals surface area contributed by atoms with Gasteiger partial charge in [0, 0.05) is 22.5 Å². The Morgan fingerprint density at radius 1 is 1.20 bits per heavy atom. The fraction of sp³-hybridized carbons (Fsp3) is 0.348. The SMILES string of the molecule is CCC(C)CC(=O)NCc1nc(-c2cccc(NC(=O)c3ccc(C)s3)c2)oc1C. The normalized spacial score (nSPS) is 11.9. The monoisotopic (exact) mass is 425 g/mol. The average molecular weight is 426 g/mol. The van der Waals surface area contributed by atoms with Gasteiger partial charge in [-0.15, -0.1) is 11.3 Å². The van der Waals surface area contributed by atoms with Gasteiger partial charge >= 0.3 is 0 Å². The first-order chi connectivity index (χ1) is 14.4. The second-order valence-electron chi connectivity index (χ2n) is 7.46. The molecule has 3 aromatic rings. The van der Waals surface area contributed by atoms with Crippen molar-refractivity contribution in [2.75, 3.05) is 5.32 Å². The van der Waals surface area contributed by atoms with Crippen LogP contribution < -0.4 is 10.6 Å². The predicted molar refractivity (Wildman–Crippen MR) is 120 cm³/mol. The van der Waals surface area contributed by atoms with Gasteiger partial charge in [0.15, 0.2) is 0 Å². The molecular formula is C23H27N3O3S. The minimum atomic E-state index is -0.140. The number of aromatic nitrogens is 1. The quantitative estimate of drug-likeness (QED) is 0.511. The van der Waals surface area contributed by atoms with E-state index in [1.165, 1.54) is 11.3 Å². The molecule has 0 saturated carbocycles. The van der Waals surface area contributed by atoms with E-state index in [0.29, 0.717) is 46.8 Å². The summed E-state index contributed by atoms with van der Waals surface area (Å²) >= 11 is 1.46. The molecule has 0 fully saturated rings. The van der Waals surface area contributed by atoms with Crippen LogP contribution in [-0.4, -0.2) is 16.8 Å². The number of nitrogens with zero attached hydrogens (tertiary/aromatic N) is 1. The zero-order valence-electron chi connectivity index (χ0n) is 17.7. The summed E-state index contributed by atoms with van der Waals surface area (Å²) in [5.74, 6) is 1.36. The van der Waals surface area contributed by atoms with Gasteiger partial charge in [-0.05, 0) is 50.1 Å². The summed E-state index contributed by atoms with van der Waals surface area (Å²) in [4.78, 5) is 30.7. The van der Waals surface area contributed by atoms with Crippen LogP contribution in [0.4, 0.5) is 5.69 Å².